The molecule has 0 fully saturated rings. The fourth-order valence-electron chi connectivity index (χ4n) is 1.38. The van der Waals surface area contributed by atoms with Crippen LogP contribution in [-0.4, -0.2) is 17.9 Å². The van der Waals surface area contributed by atoms with Crippen LogP contribution >= 0.6 is 0 Å². The van der Waals surface area contributed by atoms with Crippen LogP contribution in [0.1, 0.15) is 33.3 Å². The van der Waals surface area contributed by atoms with Gasteiger partial charge in [-0.1, -0.05) is 58.0 Å². The van der Waals surface area contributed by atoms with Crippen LogP contribution in [0.2, 0.25) is 0 Å². The fourth-order valence-corrected chi connectivity index (χ4v) is 1.38. The Morgan fingerprint density at radius 3 is 2.12 bits per heavy atom. The van der Waals surface area contributed by atoms with E-state index in [9.17, 15) is 4.79 Å². The van der Waals surface area contributed by atoms with Crippen molar-refractivity contribution in [2.24, 2.45) is 5.92 Å². The molecule has 0 N–H and O–H groups in total. The van der Waals surface area contributed by atoms with Crippen LogP contribution in [0.3, 0.4) is 0 Å². The molecule has 0 spiro atoms. The van der Waals surface area contributed by atoms with E-state index in [2.05, 4.69) is 0 Å². The number of hydrogen-bond acceptors (Lipinski definition) is 1. The Balaban J connectivity index is 0.00000106. The molecule has 0 aliphatic heterocycles. The Morgan fingerprint density at radius 1 is 1.19 bits per heavy atom. The van der Waals surface area contributed by atoms with Crippen molar-refractivity contribution in [1.82, 2.24) is 4.90 Å². The summed E-state index contributed by atoms with van der Waals surface area (Å²) in [6, 6.07) is 10.0. The lowest BCUT2D eigenvalue weighted by Crippen LogP contribution is -2.29. The molecular weight excluding hydrogens is 198 g/mol. The van der Waals surface area contributed by atoms with E-state index in [1.165, 1.54) is 5.56 Å². The summed E-state index contributed by atoms with van der Waals surface area (Å²) in [4.78, 5) is 13.3. The quantitative estimate of drug-likeness (QED) is 0.766. The highest BCUT2D eigenvalue weighted by atomic mass is 16.2. The molecule has 0 aliphatic carbocycles. The van der Waals surface area contributed by atoms with Crippen LogP contribution in [0, 0.1) is 5.92 Å². The van der Waals surface area contributed by atoms with Crippen LogP contribution in [0.4, 0.5) is 0 Å². The molecule has 0 bridgehead atoms. The van der Waals surface area contributed by atoms with Crippen molar-refractivity contribution in [1.29, 1.82) is 0 Å². The highest BCUT2D eigenvalue weighted by molar-refractivity contribution is 5.77. The van der Waals surface area contributed by atoms with Gasteiger partial charge in [0.2, 0.25) is 5.91 Å². The molecule has 2 heteroatoms. The van der Waals surface area contributed by atoms with Crippen molar-refractivity contribution in [3.8, 4) is 0 Å². The maximum absolute atomic E-state index is 11.6. The summed E-state index contributed by atoms with van der Waals surface area (Å²) >= 11 is 0. The van der Waals surface area contributed by atoms with Crippen molar-refractivity contribution >= 4 is 5.91 Å². The Bertz CT molecular complexity index is 293. The van der Waals surface area contributed by atoms with Gasteiger partial charge in [-0.2, -0.15) is 0 Å². The van der Waals surface area contributed by atoms with Gasteiger partial charge >= 0.3 is 0 Å². The average Bonchev–Trinajstić information content (AvgIpc) is 2.31. The molecule has 0 aliphatic rings. The predicted octanol–water partition coefficient (Wildman–Crippen LogP) is 3.33. The standard InChI is InChI=1S/C12H17NO.C2H6/c1-10(2)12(14)13(3)9-11-7-5-4-6-8-11;1-2/h4-8,10H,9H2,1-3H3;1-2H3. The van der Waals surface area contributed by atoms with Crippen molar-refractivity contribution in [3.63, 3.8) is 0 Å². The first-order valence-electron chi connectivity index (χ1n) is 5.90. The molecule has 16 heavy (non-hydrogen) atoms. The second-order valence-electron chi connectivity index (χ2n) is 3.83. The van der Waals surface area contributed by atoms with Crippen molar-refractivity contribution in [2.45, 2.75) is 34.2 Å². The first-order chi connectivity index (χ1) is 7.61. The Morgan fingerprint density at radius 2 is 1.69 bits per heavy atom. The van der Waals surface area contributed by atoms with Gasteiger partial charge in [0, 0.05) is 19.5 Å². The number of hydrogen-bond donors (Lipinski definition) is 0. The van der Waals surface area contributed by atoms with Crippen LogP contribution < -0.4 is 0 Å². The molecule has 2 nitrogen and oxygen atoms in total. The van der Waals surface area contributed by atoms with Crippen molar-refractivity contribution in [2.75, 3.05) is 7.05 Å². The summed E-state index contributed by atoms with van der Waals surface area (Å²) in [7, 11) is 1.84. The van der Waals surface area contributed by atoms with E-state index in [0.717, 1.165) is 0 Å². The van der Waals surface area contributed by atoms with E-state index < -0.39 is 0 Å². The van der Waals surface area contributed by atoms with E-state index in [4.69, 9.17) is 0 Å². The molecule has 1 aromatic carbocycles. The maximum Gasteiger partial charge on any atom is 0.225 e. The number of carbonyl (C=O) groups is 1. The number of carbonyl (C=O) groups excluding carboxylic acids is 1. The van der Waals surface area contributed by atoms with Gasteiger partial charge in [0.05, 0.1) is 0 Å². The summed E-state index contributed by atoms with van der Waals surface area (Å²) in [6.07, 6.45) is 0. The van der Waals surface area contributed by atoms with Crippen LogP contribution in [0.15, 0.2) is 30.3 Å². The zero-order valence-corrected chi connectivity index (χ0v) is 11.0. The molecule has 0 aromatic heterocycles. The van der Waals surface area contributed by atoms with Gasteiger partial charge in [-0.15, -0.1) is 0 Å². The highest BCUT2D eigenvalue weighted by Gasteiger charge is 2.12. The average molecular weight is 221 g/mol. The normalized spacial score (nSPS) is 9.38. The van der Waals surface area contributed by atoms with Crippen LogP contribution in [-0.2, 0) is 11.3 Å². The van der Waals surface area contributed by atoms with Gasteiger partial charge in [0.1, 0.15) is 0 Å². The van der Waals surface area contributed by atoms with E-state index in [1.807, 2.05) is 65.1 Å². The molecular formula is C14H23NO. The second-order valence-corrected chi connectivity index (χ2v) is 3.83. The minimum Gasteiger partial charge on any atom is -0.341 e. The smallest absolute Gasteiger partial charge is 0.225 e. The van der Waals surface area contributed by atoms with Crippen LogP contribution in [0.5, 0.6) is 0 Å². The SMILES string of the molecule is CC.CC(C)C(=O)N(C)Cc1ccccc1. The van der Waals surface area contributed by atoms with Crippen LogP contribution in [0.25, 0.3) is 0 Å². The van der Waals surface area contributed by atoms with Gasteiger partial charge in [-0.05, 0) is 5.56 Å². The van der Waals surface area contributed by atoms with Gasteiger partial charge < -0.3 is 4.90 Å². The Labute approximate surface area is 99.3 Å². The largest absolute Gasteiger partial charge is 0.341 e. The summed E-state index contributed by atoms with van der Waals surface area (Å²) in [5, 5.41) is 0. The van der Waals surface area contributed by atoms with Crippen molar-refractivity contribution < 1.29 is 4.79 Å². The molecule has 1 amide bonds. The summed E-state index contributed by atoms with van der Waals surface area (Å²) in [5.74, 6) is 0.262. The monoisotopic (exact) mass is 221 g/mol. The highest BCUT2D eigenvalue weighted by Crippen LogP contribution is 2.06. The number of benzene rings is 1. The molecule has 1 rings (SSSR count). The Kier molecular flexibility index (Phi) is 7.27. The topological polar surface area (TPSA) is 20.3 Å². The minimum atomic E-state index is 0.0729. The van der Waals surface area contributed by atoms with Gasteiger partial charge in [0.15, 0.2) is 0 Å². The lowest BCUT2D eigenvalue weighted by atomic mass is 10.1. The second kappa shape index (κ2) is 7.91. The number of nitrogens with zero attached hydrogens (tertiary/aromatic N) is 1. The third-order valence-electron chi connectivity index (χ3n) is 2.13. The molecule has 0 atom stereocenters. The van der Waals surface area contributed by atoms with Crippen molar-refractivity contribution in [3.05, 3.63) is 35.9 Å². The summed E-state index contributed by atoms with van der Waals surface area (Å²) < 4.78 is 0. The number of amides is 1. The fraction of sp³-hybridized carbons (Fsp3) is 0.500. The third kappa shape index (κ3) is 4.96. The van der Waals surface area contributed by atoms with E-state index in [-0.39, 0.29) is 11.8 Å². The minimum absolute atomic E-state index is 0.0729. The van der Waals surface area contributed by atoms with Gasteiger partial charge in [0.25, 0.3) is 0 Å². The van der Waals surface area contributed by atoms with Gasteiger partial charge in [-0.25, -0.2) is 0 Å². The molecule has 0 heterocycles. The Hall–Kier alpha value is -1.31. The molecule has 90 valence electrons. The molecule has 0 radical (unpaired) electrons. The maximum atomic E-state index is 11.6. The van der Waals surface area contributed by atoms with E-state index in [1.54, 1.807) is 4.90 Å². The molecule has 0 saturated heterocycles. The molecule has 0 saturated carbocycles. The lowest BCUT2D eigenvalue weighted by Gasteiger charge is -2.19. The summed E-state index contributed by atoms with van der Waals surface area (Å²) in [6.45, 7) is 8.53. The van der Waals surface area contributed by atoms with Gasteiger partial charge in [-0.3, -0.25) is 4.79 Å². The summed E-state index contributed by atoms with van der Waals surface area (Å²) in [5.41, 5.74) is 1.17. The zero-order valence-electron chi connectivity index (χ0n) is 11.0. The first-order valence-corrected chi connectivity index (χ1v) is 5.90. The third-order valence-corrected chi connectivity index (χ3v) is 2.13. The predicted molar refractivity (Wildman–Crippen MR) is 69.1 cm³/mol. The molecule has 0 unspecified atom stereocenters. The molecule has 1 aromatic rings. The first kappa shape index (κ1) is 14.7. The lowest BCUT2D eigenvalue weighted by molar-refractivity contribution is -0.133. The zero-order chi connectivity index (χ0) is 12.6. The number of rotatable bonds is 3. The van der Waals surface area contributed by atoms with E-state index >= 15 is 0 Å². The van der Waals surface area contributed by atoms with E-state index in [0.29, 0.717) is 6.54 Å².